The summed E-state index contributed by atoms with van der Waals surface area (Å²) in [6.45, 7) is 3.63. The van der Waals surface area contributed by atoms with Crippen molar-refractivity contribution in [3.05, 3.63) is 59.5 Å². The van der Waals surface area contributed by atoms with E-state index >= 15 is 0 Å². The van der Waals surface area contributed by atoms with Crippen molar-refractivity contribution in [2.24, 2.45) is 5.92 Å². The predicted molar refractivity (Wildman–Crippen MR) is 99.1 cm³/mol. The van der Waals surface area contributed by atoms with Crippen LogP contribution in [-0.4, -0.2) is 38.9 Å². The minimum absolute atomic E-state index is 0.00744. The average Bonchev–Trinajstić information content (AvgIpc) is 3.14. The number of hydrogen-bond acceptors (Lipinski definition) is 4. The number of rotatable bonds is 6. The highest BCUT2D eigenvalue weighted by Crippen LogP contribution is 2.19. The number of likely N-dealkylation sites (tertiary alicyclic amines) is 1. The van der Waals surface area contributed by atoms with Gasteiger partial charge in [0.05, 0.1) is 17.6 Å². The number of carbonyl (C=O) groups is 1. The van der Waals surface area contributed by atoms with Crippen LogP contribution in [0.5, 0.6) is 0 Å². The van der Waals surface area contributed by atoms with Crippen LogP contribution in [0.4, 0.5) is 0 Å². The molecule has 2 heterocycles. The Kier molecular flexibility index (Phi) is 5.78. The molecule has 1 fully saturated rings. The largest absolute Gasteiger partial charge is 0.472 e. The highest BCUT2D eigenvalue weighted by atomic mass is 32.2. The molecule has 140 valence electrons. The molecule has 3 rings (SSSR count). The third kappa shape index (κ3) is 4.95. The van der Waals surface area contributed by atoms with E-state index in [4.69, 9.17) is 4.42 Å². The average molecular weight is 376 g/mol. The zero-order valence-electron chi connectivity index (χ0n) is 14.8. The Hall–Kier alpha value is -2.12. The molecular weight excluding hydrogens is 352 g/mol. The van der Waals surface area contributed by atoms with Gasteiger partial charge in [-0.2, -0.15) is 0 Å². The van der Waals surface area contributed by atoms with Gasteiger partial charge in [0.2, 0.25) is 10.0 Å². The molecule has 0 saturated carbocycles. The number of nitrogens with zero attached hydrogens (tertiary/aromatic N) is 1. The maximum absolute atomic E-state index is 12.3. The van der Waals surface area contributed by atoms with Crippen LogP contribution in [0, 0.1) is 12.8 Å². The molecule has 26 heavy (non-hydrogen) atoms. The van der Waals surface area contributed by atoms with Crippen LogP contribution in [0.3, 0.4) is 0 Å². The Labute approximate surface area is 154 Å². The van der Waals surface area contributed by atoms with Gasteiger partial charge in [0.15, 0.2) is 0 Å². The van der Waals surface area contributed by atoms with Crippen LogP contribution in [-0.2, 0) is 15.8 Å². The number of benzene rings is 1. The van der Waals surface area contributed by atoms with Gasteiger partial charge in [0.25, 0.3) is 5.91 Å². The Morgan fingerprint density at radius 2 is 2.04 bits per heavy atom. The first-order valence-electron chi connectivity index (χ1n) is 8.77. The lowest BCUT2D eigenvalue weighted by Gasteiger charge is -2.31. The Bertz CT molecular complexity index is 838. The fourth-order valence-electron chi connectivity index (χ4n) is 3.23. The molecule has 0 bridgehead atoms. The standard InChI is InChI=1S/C19H24N2O4S/c1-15-3-2-4-17(11-15)14-26(23,24)20-12-16-5-8-21(9-6-16)19(22)18-7-10-25-13-18/h2-4,7,10-11,13,16,20H,5-6,8-9,12,14H2,1H3. The third-order valence-corrected chi connectivity index (χ3v) is 6.02. The molecule has 1 aromatic heterocycles. The Morgan fingerprint density at radius 1 is 1.27 bits per heavy atom. The highest BCUT2D eigenvalue weighted by Gasteiger charge is 2.25. The summed E-state index contributed by atoms with van der Waals surface area (Å²) in [5.74, 6) is 0.208. The number of furan rings is 1. The summed E-state index contributed by atoms with van der Waals surface area (Å²) in [7, 11) is -3.36. The number of piperidine rings is 1. The number of sulfonamides is 1. The SMILES string of the molecule is Cc1cccc(CS(=O)(=O)NCC2CCN(C(=O)c3ccoc3)CC2)c1. The summed E-state index contributed by atoms with van der Waals surface area (Å²) < 4.78 is 32.3. The normalized spacial score (nSPS) is 16.0. The lowest BCUT2D eigenvalue weighted by molar-refractivity contribution is 0.0691. The smallest absolute Gasteiger partial charge is 0.257 e. The van der Waals surface area contributed by atoms with Gasteiger partial charge in [-0.3, -0.25) is 4.79 Å². The molecule has 0 aliphatic carbocycles. The van der Waals surface area contributed by atoms with Crippen LogP contribution >= 0.6 is 0 Å². The number of nitrogens with one attached hydrogen (secondary N) is 1. The van der Waals surface area contributed by atoms with Gasteiger partial charge in [0.1, 0.15) is 6.26 Å². The van der Waals surface area contributed by atoms with Gasteiger partial charge in [-0.1, -0.05) is 29.8 Å². The molecule has 1 aliphatic heterocycles. The molecule has 0 atom stereocenters. The van der Waals surface area contributed by atoms with Crippen molar-refractivity contribution in [3.8, 4) is 0 Å². The van der Waals surface area contributed by atoms with Crippen molar-refractivity contribution in [1.29, 1.82) is 0 Å². The van der Waals surface area contributed by atoms with Gasteiger partial charge in [-0.05, 0) is 37.3 Å². The maximum Gasteiger partial charge on any atom is 0.257 e. The van der Waals surface area contributed by atoms with Crippen LogP contribution in [0.15, 0.2) is 47.3 Å². The van der Waals surface area contributed by atoms with Crippen LogP contribution in [0.2, 0.25) is 0 Å². The van der Waals surface area contributed by atoms with E-state index in [1.165, 1.54) is 12.5 Å². The molecular formula is C19H24N2O4S. The third-order valence-electron chi connectivity index (χ3n) is 4.70. The van der Waals surface area contributed by atoms with E-state index in [1.54, 1.807) is 11.0 Å². The minimum Gasteiger partial charge on any atom is -0.472 e. The minimum atomic E-state index is -3.36. The summed E-state index contributed by atoms with van der Waals surface area (Å²) >= 11 is 0. The number of hydrogen-bond donors (Lipinski definition) is 1. The molecule has 1 aliphatic rings. The summed E-state index contributed by atoms with van der Waals surface area (Å²) in [6, 6.07) is 9.19. The zero-order valence-corrected chi connectivity index (χ0v) is 15.7. The molecule has 0 radical (unpaired) electrons. The first kappa shape index (κ1) is 18.7. The van der Waals surface area contributed by atoms with E-state index in [9.17, 15) is 13.2 Å². The Balaban J connectivity index is 1.46. The van der Waals surface area contributed by atoms with E-state index < -0.39 is 10.0 Å². The van der Waals surface area contributed by atoms with Crippen molar-refractivity contribution in [2.75, 3.05) is 19.6 Å². The predicted octanol–water partition coefficient (Wildman–Crippen LogP) is 2.56. The van der Waals surface area contributed by atoms with E-state index in [2.05, 4.69) is 4.72 Å². The Morgan fingerprint density at radius 3 is 2.69 bits per heavy atom. The summed E-state index contributed by atoms with van der Waals surface area (Å²) in [5.41, 5.74) is 2.40. The van der Waals surface area contributed by atoms with Crippen LogP contribution in [0.25, 0.3) is 0 Å². The lowest BCUT2D eigenvalue weighted by atomic mass is 9.97. The molecule has 1 saturated heterocycles. The first-order valence-corrected chi connectivity index (χ1v) is 10.4. The van der Waals surface area contributed by atoms with Gasteiger partial charge in [-0.25, -0.2) is 13.1 Å². The lowest BCUT2D eigenvalue weighted by Crippen LogP contribution is -2.41. The maximum atomic E-state index is 12.3. The molecule has 1 N–H and O–H groups in total. The summed E-state index contributed by atoms with van der Waals surface area (Å²) in [5, 5.41) is 0. The second kappa shape index (κ2) is 8.05. The van der Waals surface area contributed by atoms with Gasteiger partial charge < -0.3 is 9.32 Å². The topological polar surface area (TPSA) is 79.6 Å². The zero-order chi connectivity index (χ0) is 18.6. The fraction of sp³-hybridized carbons (Fsp3) is 0.421. The van der Waals surface area contributed by atoms with Crippen LogP contribution in [0.1, 0.15) is 34.3 Å². The van der Waals surface area contributed by atoms with Gasteiger partial charge >= 0.3 is 0 Å². The first-order chi connectivity index (χ1) is 12.4. The fourth-order valence-corrected chi connectivity index (χ4v) is 4.44. The number of carbonyl (C=O) groups excluding carboxylic acids is 1. The summed E-state index contributed by atoms with van der Waals surface area (Å²) in [4.78, 5) is 14.1. The van der Waals surface area contributed by atoms with Crippen molar-refractivity contribution in [1.82, 2.24) is 9.62 Å². The molecule has 1 aromatic carbocycles. The van der Waals surface area contributed by atoms with Gasteiger partial charge in [0, 0.05) is 19.6 Å². The number of aryl methyl sites for hydroxylation is 1. The van der Waals surface area contributed by atoms with E-state index in [0.717, 1.165) is 24.0 Å². The van der Waals surface area contributed by atoms with E-state index in [0.29, 0.717) is 25.2 Å². The van der Waals surface area contributed by atoms with Crippen LogP contribution < -0.4 is 4.72 Å². The van der Waals surface area contributed by atoms with Crippen molar-refractivity contribution in [2.45, 2.75) is 25.5 Å². The molecule has 0 unspecified atom stereocenters. The molecule has 1 amide bonds. The molecule has 2 aromatic rings. The molecule has 7 heteroatoms. The van der Waals surface area contributed by atoms with Gasteiger partial charge in [-0.15, -0.1) is 0 Å². The summed E-state index contributed by atoms with van der Waals surface area (Å²) in [6.07, 6.45) is 4.52. The highest BCUT2D eigenvalue weighted by molar-refractivity contribution is 7.88. The second-order valence-electron chi connectivity index (χ2n) is 6.84. The van der Waals surface area contributed by atoms with E-state index in [-0.39, 0.29) is 17.6 Å². The van der Waals surface area contributed by atoms with Crippen molar-refractivity contribution >= 4 is 15.9 Å². The van der Waals surface area contributed by atoms with E-state index in [1.807, 2.05) is 31.2 Å². The van der Waals surface area contributed by atoms with Crippen molar-refractivity contribution < 1.29 is 17.6 Å². The quantitative estimate of drug-likeness (QED) is 0.840. The number of amides is 1. The molecule has 6 nitrogen and oxygen atoms in total. The monoisotopic (exact) mass is 376 g/mol. The van der Waals surface area contributed by atoms with Crippen molar-refractivity contribution in [3.63, 3.8) is 0 Å². The molecule has 0 spiro atoms. The second-order valence-corrected chi connectivity index (χ2v) is 8.65.